The van der Waals surface area contributed by atoms with Gasteiger partial charge in [0.1, 0.15) is 54.6 Å². The number of fused-ring (bicyclic) bond motifs is 5. The molecular formula is C40H60O14. The standard InChI is InChI=1S/C40H60O14/c1-18(23-13-14-39(4)24-11-9-21-20(3)25(42)12-10-22(21)29(24)26(43)15-40(23,39)5)7-6-8-19(2)36(50)54-38-35(49)33(47)31(45)28(53-38)17-51-37-34(48)32(46)30(44)27(16-41)52-37/h8,18,22-24,27-35,37-38,41,44-49H,6-7,9-17H2,1-5H3/b19-8+/t18-,22+,23-,24-,27-,28-,29-,30-,31-,32+,33+,34-,35-,37-,38+,39+,40-/m1/s1. The first-order valence-electron chi connectivity index (χ1n) is 19.7. The molecule has 0 bridgehead atoms. The van der Waals surface area contributed by atoms with Crippen molar-refractivity contribution in [2.45, 2.75) is 154 Å². The van der Waals surface area contributed by atoms with Crippen LogP contribution in [0.15, 0.2) is 22.8 Å². The van der Waals surface area contributed by atoms with Crippen LogP contribution in [0.1, 0.15) is 92.4 Å². The Morgan fingerprint density at radius 3 is 2.22 bits per heavy atom. The zero-order chi connectivity index (χ0) is 39.4. The van der Waals surface area contributed by atoms with Crippen molar-refractivity contribution in [3.8, 4) is 0 Å². The summed E-state index contributed by atoms with van der Waals surface area (Å²) >= 11 is 0. The fraction of sp³-hybridized carbons (Fsp3) is 0.825. The van der Waals surface area contributed by atoms with Gasteiger partial charge >= 0.3 is 5.97 Å². The van der Waals surface area contributed by atoms with Gasteiger partial charge in [-0.1, -0.05) is 32.4 Å². The molecule has 0 aromatic carbocycles. The van der Waals surface area contributed by atoms with Crippen molar-refractivity contribution in [2.75, 3.05) is 13.2 Å². The Morgan fingerprint density at radius 1 is 0.889 bits per heavy atom. The average Bonchev–Trinajstić information content (AvgIpc) is 3.42. The fourth-order valence-corrected chi connectivity index (χ4v) is 11.2. The van der Waals surface area contributed by atoms with E-state index < -0.39 is 80.6 Å². The summed E-state index contributed by atoms with van der Waals surface area (Å²) in [5.41, 5.74) is 2.27. The maximum Gasteiger partial charge on any atom is 0.335 e. The molecule has 0 aromatic rings. The minimum atomic E-state index is -1.79. The van der Waals surface area contributed by atoms with Gasteiger partial charge in [0.05, 0.1) is 13.2 Å². The summed E-state index contributed by atoms with van der Waals surface area (Å²) in [7, 11) is 0. The van der Waals surface area contributed by atoms with Crippen molar-refractivity contribution in [3.05, 3.63) is 22.8 Å². The van der Waals surface area contributed by atoms with Crippen molar-refractivity contribution in [1.82, 2.24) is 0 Å². The number of hydrogen-bond donors (Lipinski definition) is 7. The number of carbonyl (C=O) groups excluding carboxylic acids is 3. The SMILES string of the molecule is CC1=C2CC[C@@H]3[C@H](C(=O)C[C@]4(C)[C@@H]([C@H](C)CC/C=C(\C)C(=O)O[C@@H]5O[C@H](CO[C@@H]6O[C@H](CO)[C@@H](O)[C@H](O)[C@H]6O)[C@@H](O)[C@H](O)[C@H]5O)CC[C@@]34C)[C@H]2CCC1=O. The van der Waals surface area contributed by atoms with Crippen LogP contribution in [-0.4, -0.2) is 128 Å². The average molecular weight is 765 g/mol. The Kier molecular flexibility index (Phi) is 12.3. The maximum atomic E-state index is 14.0. The smallest absolute Gasteiger partial charge is 0.335 e. The van der Waals surface area contributed by atoms with E-state index in [1.165, 1.54) is 5.57 Å². The van der Waals surface area contributed by atoms with Gasteiger partial charge in [-0.2, -0.15) is 0 Å². The topological polar surface area (TPSA) is 230 Å². The first-order valence-corrected chi connectivity index (χ1v) is 19.7. The van der Waals surface area contributed by atoms with E-state index in [0.717, 1.165) is 44.1 Å². The molecular weight excluding hydrogens is 704 g/mol. The van der Waals surface area contributed by atoms with E-state index in [1.807, 2.05) is 6.92 Å². The van der Waals surface area contributed by atoms with Crippen LogP contribution in [-0.2, 0) is 33.3 Å². The predicted octanol–water partition coefficient (Wildman–Crippen LogP) is 1.23. The number of esters is 1. The van der Waals surface area contributed by atoms with Gasteiger partial charge in [0.25, 0.3) is 0 Å². The lowest BCUT2D eigenvalue weighted by atomic mass is 9.44. The highest BCUT2D eigenvalue weighted by Crippen LogP contribution is 2.70. The Balaban J connectivity index is 1.03. The summed E-state index contributed by atoms with van der Waals surface area (Å²) in [5, 5.41) is 71.3. The molecule has 4 aliphatic carbocycles. The van der Waals surface area contributed by atoms with E-state index in [2.05, 4.69) is 20.8 Å². The molecule has 0 spiro atoms. The largest absolute Gasteiger partial charge is 0.429 e. The van der Waals surface area contributed by atoms with E-state index >= 15 is 0 Å². The Labute approximate surface area is 316 Å². The van der Waals surface area contributed by atoms with E-state index in [4.69, 9.17) is 18.9 Å². The molecule has 0 radical (unpaired) electrons. The zero-order valence-corrected chi connectivity index (χ0v) is 32.0. The summed E-state index contributed by atoms with van der Waals surface area (Å²) < 4.78 is 21.8. The molecule has 2 aliphatic heterocycles. The lowest BCUT2D eigenvalue weighted by Crippen LogP contribution is -2.61. The molecule has 2 heterocycles. The number of aliphatic hydroxyl groups excluding tert-OH is 7. The van der Waals surface area contributed by atoms with Crippen molar-refractivity contribution in [3.63, 3.8) is 0 Å². The van der Waals surface area contributed by atoms with E-state index in [0.29, 0.717) is 36.9 Å². The molecule has 6 aliphatic rings. The number of ether oxygens (including phenoxy) is 4. The van der Waals surface area contributed by atoms with E-state index in [9.17, 15) is 50.1 Å². The highest BCUT2D eigenvalue weighted by Gasteiger charge is 2.66. The Bertz CT molecular complexity index is 1490. The van der Waals surface area contributed by atoms with Crippen molar-refractivity contribution >= 4 is 17.5 Å². The van der Waals surface area contributed by atoms with Crippen LogP contribution in [0.2, 0.25) is 0 Å². The summed E-state index contributed by atoms with van der Waals surface area (Å²) in [6.45, 7) is 9.25. The highest BCUT2D eigenvalue weighted by atomic mass is 16.7. The van der Waals surface area contributed by atoms with Gasteiger partial charge in [0.15, 0.2) is 12.1 Å². The second kappa shape index (κ2) is 16.0. The highest BCUT2D eigenvalue weighted by molar-refractivity contribution is 5.97. The third-order valence-electron chi connectivity index (χ3n) is 14.7. The molecule has 7 N–H and O–H groups in total. The monoisotopic (exact) mass is 764 g/mol. The lowest BCUT2D eigenvalue weighted by molar-refractivity contribution is -0.326. The van der Waals surface area contributed by atoms with Gasteiger partial charge in [-0.05, 0) is 98.9 Å². The van der Waals surface area contributed by atoms with Gasteiger partial charge in [-0.15, -0.1) is 0 Å². The lowest BCUT2D eigenvalue weighted by Gasteiger charge is -2.59. The third-order valence-corrected chi connectivity index (χ3v) is 14.7. The van der Waals surface area contributed by atoms with Gasteiger partial charge in [0.2, 0.25) is 6.29 Å². The van der Waals surface area contributed by atoms with Gasteiger partial charge in [0, 0.05) is 24.3 Å². The zero-order valence-electron chi connectivity index (χ0n) is 32.0. The van der Waals surface area contributed by atoms with Crippen LogP contribution in [0.3, 0.4) is 0 Å². The van der Waals surface area contributed by atoms with Crippen LogP contribution in [0.4, 0.5) is 0 Å². The molecule has 0 unspecified atom stereocenters. The van der Waals surface area contributed by atoms with Gasteiger partial charge in [-0.3, -0.25) is 9.59 Å². The minimum Gasteiger partial charge on any atom is -0.429 e. The quantitative estimate of drug-likeness (QED) is 0.123. The van der Waals surface area contributed by atoms with Crippen LogP contribution in [0, 0.1) is 40.4 Å². The van der Waals surface area contributed by atoms with Crippen LogP contribution < -0.4 is 0 Å². The van der Waals surface area contributed by atoms with Crippen molar-refractivity contribution in [1.29, 1.82) is 0 Å². The van der Waals surface area contributed by atoms with Crippen LogP contribution in [0.5, 0.6) is 0 Å². The predicted molar refractivity (Wildman–Crippen MR) is 190 cm³/mol. The first-order chi connectivity index (χ1) is 25.4. The fourth-order valence-electron chi connectivity index (χ4n) is 11.2. The molecule has 14 heteroatoms. The molecule has 3 saturated carbocycles. The first kappa shape index (κ1) is 41.5. The summed E-state index contributed by atoms with van der Waals surface area (Å²) in [6.07, 6.45) is -7.10. The van der Waals surface area contributed by atoms with Crippen molar-refractivity contribution < 1.29 is 69.1 Å². The van der Waals surface area contributed by atoms with E-state index in [1.54, 1.807) is 13.0 Å². The number of allylic oxidation sites excluding steroid dienone is 2. The molecule has 14 nitrogen and oxygen atoms in total. The molecule has 0 aromatic heterocycles. The summed E-state index contributed by atoms with van der Waals surface area (Å²) in [4.78, 5) is 39.6. The summed E-state index contributed by atoms with van der Waals surface area (Å²) in [5.74, 6) is 0.915. The number of Topliss-reactive ketones (excluding diaryl/α,β-unsaturated/α-hetero) is 2. The number of hydrogen-bond acceptors (Lipinski definition) is 14. The molecule has 54 heavy (non-hydrogen) atoms. The van der Waals surface area contributed by atoms with Crippen LogP contribution >= 0.6 is 0 Å². The Morgan fingerprint density at radius 2 is 1.54 bits per heavy atom. The molecule has 5 fully saturated rings. The van der Waals surface area contributed by atoms with Gasteiger partial charge in [-0.25, -0.2) is 4.79 Å². The second-order valence-electron chi connectivity index (χ2n) is 17.4. The number of aliphatic hydroxyl groups is 7. The molecule has 0 amide bonds. The van der Waals surface area contributed by atoms with E-state index in [-0.39, 0.29) is 39.9 Å². The molecule has 17 atom stereocenters. The maximum absolute atomic E-state index is 14.0. The minimum absolute atomic E-state index is 0.00168. The molecule has 6 rings (SSSR count). The number of ketones is 2. The third kappa shape index (κ3) is 7.18. The van der Waals surface area contributed by atoms with Gasteiger partial charge < -0.3 is 54.7 Å². The van der Waals surface area contributed by atoms with Crippen LogP contribution in [0.25, 0.3) is 0 Å². The number of carbonyl (C=O) groups is 3. The Hall–Kier alpha value is -2.11. The van der Waals surface area contributed by atoms with Crippen molar-refractivity contribution in [2.24, 2.45) is 40.4 Å². The number of rotatable bonds is 10. The molecule has 2 saturated heterocycles. The molecule has 304 valence electrons. The normalized spacial score (nSPS) is 46.1. The second-order valence-corrected chi connectivity index (χ2v) is 17.4. The summed E-state index contributed by atoms with van der Waals surface area (Å²) in [6, 6.07) is 0.